The van der Waals surface area contributed by atoms with Crippen molar-refractivity contribution in [1.29, 1.82) is 0 Å². The first kappa shape index (κ1) is 21.7. The molecule has 0 spiro atoms. The fourth-order valence-corrected chi connectivity index (χ4v) is 2.80. The molecule has 2 aromatic rings. The van der Waals surface area contributed by atoms with E-state index >= 15 is 0 Å². The van der Waals surface area contributed by atoms with Crippen LogP contribution in [-0.2, 0) is 29.0 Å². The minimum atomic E-state index is -1.07. The molecular formula is C15H17ClF2N4O3S. The summed E-state index contributed by atoms with van der Waals surface area (Å²) >= 11 is 1.26. The number of hydrogen-bond acceptors (Lipinski definition) is 6. The monoisotopic (exact) mass is 406 g/mol. The molecule has 0 saturated heterocycles. The SMILES string of the molecule is CC(=O)Nc1nc(CCc2ccc(COC(=O)NN)c(F)c2F)cs1.Cl. The quantitative estimate of drug-likeness (QED) is 0.388. The number of aryl methyl sites for hydroxylation is 2. The topological polar surface area (TPSA) is 106 Å². The molecular weight excluding hydrogens is 390 g/mol. The highest BCUT2D eigenvalue weighted by molar-refractivity contribution is 7.13. The van der Waals surface area contributed by atoms with Gasteiger partial charge in [0.2, 0.25) is 5.91 Å². The molecule has 1 heterocycles. The summed E-state index contributed by atoms with van der Waals surface area (Å²) in [5.41, 5.74) is 2.48. The molecule has 0 unspecified atom stereocenters. The summed E-state index contributed by atoms with van der Waals surface area (Å²) in [5, 5.41) is 4.76. The number of thiazole rings is 1. The van der Waals surface area contributed by atoms with Crippen LogP contribution in [0.1, 0.15) is 23.7 Å². The molecule has 4 N–H and O–H groups in total. The van der Waals surface area contributed by atoms with Gasteiger partial charge < -0.3 is 10.1 Å². The minimum Gasteiger partial charge on any atom is -0.444 e. The van der Waals surface area contributed by atoms with Gasteiger partial charge in [0, 0.05) is 17.9 Å². The Labute approximate surface area is 158 Å². The van der Waals surface area contributed by atoms with E-state index in [0.29, 0.717) is 17.2 Å². The van der Waals surface area contributed by atoms with Gasteiger partial charge in [-0.2, -0.15) is 0 Å². The van der Waals surface area contributed by atoms with Crippen molar-refractivity contribution in [2.75, 3.05) is 5.32 Å². The number of nitrogens with two attached hydrogens (primary N) is 1. The number of halogens is 3. The van der Waals surface area contributed by atoms with Gasteiger partial charge in [0.15, 0.2) is 16.8 Å². The molecule has 0 radical (unpaired) electrons. The zero-order chi connectivity index (χ0) is 18.4. The summed E-state index contributed by atoms with van der Waals surface area (Å²) in [6.45, 7) is 0.944. The van der Waals surface area contributed by atoms with Crippen molar-refractivity contribution in [1.82, 2.24) is 10.4 Å². The Morgan fingerprint density at radius 3 is 2.54 bits per heavy atom. The van der Waals surface area contributed by atoms with E-state index in [1.54, 1.807) is 10.8 Å². The lowest BCUT2D eigenvalue weighted by Crippen LogP contribution is -2.30. The number of ether oxygens (including phenoxy) is 1. The number of carbonyl (C=O) groups excluding carboxylic acids is 2. The number of nitrogens with one attached hydrogen (secondary N) is 2. The van der Waals surface area contributed by atoms with E-state index in [4.69, 9.17) is 5.84 Å². The van der Waals surface area contributed by atoms with E-state index in [1.165, 1.54) is 30.4 Å². The third-order valence-corrected chi connectivity index (χ3v) is 4.01. The summed E-state index contributed by atoms with van der Waals surface area (Å²) in [4.78, 5) is 26.0. The van der Waals surface area contributed by atoms with Crippen LogP contribution in [0.15, 0.2) is 17.5 Å². The third-order valence-electron chi connectivity index (χ3n) is 3.20. The number of nitrogens with zero attached hydrogens (tertiary/aromatic N) is 1. The Bertz CT molecular complexity index is 788. The maximum atomic E-state index is 14.1. The molecule has 2 rings (SSSR count). The number of hydrazine groups is 1. The summed E-state index contributed by atoms with van der Waals surface area (Å²) < 4.78 is 32.7. The van der Waals surface area contributed by atoms with Crippen LogP contribution in [0.25, 0.3) is 0 Å². The van der Waals surface area contributed by atoms with Crippen LogP contribution in [-0.4, -0.2) is 17.0 Å². The Morgan fingerprint density at radius 2 is 1.88 bits per heavy atom. The molecule has 1 aromatic heterocycles. The van der Waals surface area contributed by atoms with Gasteiger partial charge in [-0.15, -0.1) is 23.7 Å². The standard InChI is InChI=1S/C15H16F2N4O3S.ClH/c1-8(22)19-14-20-11(7-25-14)5-4-9-2-3-10(13(17)12(9)16)6-24-15(23)21-18;/h2-3,7H,4-6,18H2,1H3,(H,21,23)(H,19,20,22);1H. The lowest BCUT2D eigenvalue weighted by molar-refractivity contribution is -0.114. The smallest absolute Gasteiger partial charge is 0.421 e. The Morgan fingerprint density at radius 1 is 1.23 bits per heavy atom. The fraction of sp³-hybridized carbons (Fsp3) is 0.267. The number of amides is 2. The van der Waals surface area contributed by atoms with Gasteiger partial charge in [-0.3, -0.25) is 10.2 Å². The van der Waals surface area contributed by atoms with Crippen molar-refractivity contribution in [3.8, 4) is 0 Å². The Kier molecular flexibility index (Phi) is 8.36. The largest absolute Gasteiger partial charge is 0.444 e. The van der Waals surface area contributed by atoms with E-state index in [-0.39, 0.29) is 35.9 Å². The zero-order valence-electron chi connectivity index (χ0n) is 13.7. The first-order chi connectivity index (χ1) is 11.9. The molecule has 2 amide bonds. The molecule has 11 heteroatoms. The fourth-order valence-electron chi connectivity index (χ4n) is 2.01. The van der Waals surface area contributed by atoms with E-state index < -0.39 is 24.3 Å². The molecule has 0 fully saturated rings. The maximum Gasteiger partial charge on any atom is 0.421 e. The van der Waals surface area contributed by atoms with E-state index in [9.17, 15) is 18.4 Å². The van der Waals surface area contributed by atoms with Crippen molar-refractivity contribution in [2.45, 2.75) is 26.4 Å². The number of rotatable bonds is 6. The van der Waals surface area contributed by atoms with Crippen molar-refractivity contribution in [2.24, 2.45) is 5.84 Å². The van der Waals surface area contributed by atoms with Crippen LogP contribution in [0, 0.1) is 11.6 Å². The normalized spacial score (nSPS) is 10.0. The maximum absolute atomic E-state index is 14.1. The van der Waals surface area contributed by atoms with E-state index in [1.807, 2.05) is 0 Å². The van der Waals surface area contributed by atoms with Gasteiger partial charge in [0.05, 0.1) is 5.69 Å². The number of anilines is 1. The Balaban J connectivity index is 0.00000338. The molecule has 0 bridgehead atoms. The van der Waals surface area contributed by atoms with Gasteiger partial charge in [-0.25, -0.2) is 24.4 Å². The van der Waals surface area contributed by atoms with Crippen molar-refractivity contribution in [3.05, 3.63) is 46.0 Å². The first-order valence-corrected chi connectivity index (χ1v) is 8.09. The van der Waals surface area contributed by atoms with Crippen LogP contribution in [0.4, 0.5) is 18.7 Å². The number of benzene rings is 1. The van der Waals surface area contributed by atoms with Gasteiger partial charge in [0.25, 0.3) is 0 Å². The molecule has 142 valence electrons. The second-order valence-electron chi connectivity index (χ2n) is 5.06. The predicted octanol–water partition coefficient (Wildman–Crippen LogP) is 2.69. The van der Waals surface area contributed by atoms with Gasteiger partial charge in [0.1, 0.15) is 6.61 Å². The first-order valence-electron chi connectivity index (χ1n) is 7.21. The molecule has 0 saturated carbocycles. The number of carbonyl (C=O) groups is 2. The average Bonchev–Trinajstić information content (AvgIpc) is 3.01. The number of hydrogen-bond donors (Lipinski definition) is 3. The van der Waals surface area contributed by atoms with E-state index in [0.717, 1.165) is 0 Å². The lowest BCUT2D eigenvalue weighted by Gasteiger charge is -2.09. The molecule has 0 aliphatic rings. The second kappa shape index (κ2) is 10.00. The highest BCUT2D eigenvalue weighted by Crippen LogP contribution is 2.21. The Hall–Kier alpha value is -2.30. The lowest BCUT2D eigenvalue weighted by atomic mass is 10.0. The highest BCUT2D eigenvalue weighted by atomic mass is 35.5. The van der Waals surface area contributed by atoms with Crippen LogP contribution < -0.4 is 16.6 Å². The van der Waals surface area contributed by atoms with Crippen LogP contribution in [0.3, 0.4) is 0 Å². The van der Waals surface area contributed by atoms with Crippen molar-refractivity contribution in [3.63, 3.8) is 0 Å². The van der Waals surface area contributed by atoms with Gasteiger partial charge in [-0.1, -0.05) is 12.1 Å². The summed E-state index contributed by atoms with van der Waals surface area (Å²) in [6, 6.07) is 2.78. The van der Waals surface area contributed by atoms with Crippen molar-refractivity contribution >= 4 is 40.9 Å². The molecule has 7 nitrogen and oxygen atoms in total. The zero-order valence-corrected chi connectivity index (χ0v) is 15.3. The molecule has 0 atom stereocenters. The summed E-state index contributed by atoms with van der Waals surface area (Å²) in [5.74, 6) is 2.54. The van der Waals surface area contributed by atoms with E-state index in [2.05, 4.69) is 15.0 Å². The average molecular weight is 407 g/mol. The summed E-state index contributed by atoms with van der Waals surface area (Å²) in [7, 11) is 0. The molecule has 0 aliphatic carbocycles. The minimum absolute atomic E-state index is 0. The second-order valence-corrected chi connectivity index (χ2v) is 5.92. The van der Waals surface area contributed by atoms with Crippen LogP contribution >= 0.6 is 23.7 Å². The van der Waals surface area contributed by atoms with Crippen LogP contribution in [0.5, 0.6) is 0 Å². The van der Waals surface area contributed by atoms with Gasteiger partial charge >= 0.3 is 6.09 Å². The molecule has 0 aliphatic heterocycles. The summed E-state index contributed by atoms with van der Waals surface area (Å²) in [6.07, 6.45) is -0.323. The third kappa shape index (κ3) is 5.90. The molecule has 1 aromatic carbocycles. The predicted molar refractivity (Wildman–Crippen MR) is 94.9 cm³/mol. The van der Waals surface area contributed by atoms with Crippen molar-refractivity contribution < 1.29 is 23.1 Å². The van der Waals surface area contributed by atoms with Crippen LogP contribution in [0.2, 0.25) is 0 Å². The van der Waals surface area contributed by atoms with Gasteiger partial charge in [-0.05, 0) is 18.4 Å². The number of aromatic nitrogens is 1. The molecule has 26 heavy (non-hydrogen) atoms. The highest BCUT2D eigenvalue weighted by Gasteiger charge is 2.15.